The molecule has 2 N–H and O–H groups in total. The predicted molar refractivity (Wildman–Crippen MR) is 65.9 cm³/mol. The molecule has 96 valence electrons. The molecule has 1 nitrogen and oxygen atoms in total. The average molecular weight is 263 g/mol. The van der Waals surface area contributed by atoms with Crippen molar-refractivity contribution in [2.75, 3.05) is 12.3 Å². The Balaban J connectivity index is 2.45. The van der Waals surface area contributed by atoms with Crippen LogP contribution in [0, 0.1) is 12.8 Å². The molecule has 0 saturated heterocycles. The number of thioether (sulfide) groups is 1. The first kappa shape index (κ1) is 14.4. The molecule has 1 atom stereocenters. The lowest BCUT2D eigenvalue weighted by Gasteiger charge is -2.18. The van der Waals surface area contributed by atoms with Gasteiger partial charge >= 0.3 is 6.18 Å². The number of hydrogen-bond donors (Lipinski definition) is 1. The molecular formula is C12H16F3NS. The first-order valence-electron chi connectivity index (χ1n) is 5.34. The van der Waals surface area contributed by atoms with Gasteiger partial charge in [-0.05, 0) is 18.1 Å². The molecule has 0 amide bonds. The number of aryl methyl sites for hydroxylation is 1. The summed E-state index contributed by atoms with van der Waals surface area (Å²) in [6.07, 6.45) is -4.19. The molecule has 0 spiro atoms. The molecule has 5 heteroatoms. The van der Waals surface area contributed by atoms with Gasteiger partial charge in [-0.1, -0.05) is 24.3 Å². The molecule has 0 aliphatic rings. The van der Waals surface area contributed by atoms with E-state index in [0.29, 0.717) is 5.75 Å². The molecule has 0 aliphatic heterocycles. The number of alkyl halides is 3. The highest BCUT2D eigenvalue weighted by atomic mass is 32.2. The third kappa shape index (κ3) is 4.60. The summed E-state index contributed by atoms with van der Waals surface area (Å²) in [7, 11) is 0. The van der Waals surface area contributed by atoms with Crippen molar-refractivity contribution in [1.82, 2.24) is 0 Å². The van der Waals surface area contributed by atoms with Gasteiger partial charge in [-0.3, -0.25) is 0 Å². The molecule has 1 aromatic rings. The van der Waals surface area contributed by atoms with Crippen LogP contribution >= 0.6 is 11.8 Å². The fraction of sp³-hybridized carbons (Fsp3) is 0.500. The first-order chi connectivity index (χ1) is 7.95. The van der Waals surface area contributed by atoms with E-state index in [9.17, 15) is 13.2 Å². The van der Waals surface area contributed by atoms with Crippen LogP contribution < -0.4 is 5.73 Å². The number of halogens is 3. The van der Waals surface area contributed by atoms with E-state index in [1.807, 2.05) is 31.2 Å². The summed E-state index contributed by atoms with van der Waals surface area (Å²) in [6.45, 7) is 1.62. The lowest BCUT2D eigenvalue weighted by Crippen LogP contribution is -2.32. The molecule has 0 aliphatic carbocycles. The molecule has 0 radical (unpaired) electrons. The first-order valence-corrected chi connectivity index (χ1v) is 6.49. The van der Waals surface area contributed by atoms with Crippen LogP contribution in [0.15, 0.2) is 24.3 Å². The summed E-state index contributed by atoms with van der Waals surface area (Å²) < 4.78 is 37.3. The van der Waals surface area contributed by atoms with Gasteiger partial charge in [0.05, 0.1) is 5.92 Å². The fourth-order valence-electron chi connectivity index (χ4n) is 1.38. The van der Waals surface area contributed by atoms with Gasteiger partial charge in [-0.15, -0.1) is 0 Å². The molecule has 1 rings (SSSR count). The van der Waals surface area contributed by atoms with Crippen LogP contribution in [0.25, 0.3) is 0 Å². The summed E-state index contributed by atoms with van der Waals surface area (Å²) in [5.41, 5.74) is 7.32. The molecule has 0 saturated carbocycles. The van der Waals surface area contributed by atoms with Gasteiger partial charge in [0.15, 0.2) is 0 Å². The number of hydrogen-bond acceptors (Lipinski definition) is 2. The van der Waals surface area contributed by atoms with Crippen molar-refractivity contribution in [3.8, 4) is 0 Å². The molecule has 0 aromatic heterocycles. The third-order valence-electron chi connectivity index (χ3n) is 2.59. The molecule has 0 fully saturated rings. The zero-order chi connectivity index (χ0) is 12.9. The van der Waals surface area contributed by atoms with Crippen LogP contribution in [0.2, 0.25) is 0 Å². The van der Waals surface area contributed by atoms with Crippen LogP contribution in [0.3, 0.4) is 0 Å². The normalized spacial score (nSPS) is 13.7. The van der Waals surface area contributed by atoms with Crippen molar-refractivity contribution in [3.63, 3.8) is 0 Å². The van der Waals surface area contributed by atoms with Crippen LogP contribution in [0.5, 0.6) is 0 Å². The maximum absolute atomic E-state index is 12.4. The number of benzene rings is 1. The summed E-state index contributed by atoms with van der Waals surface area (Å²) in [5, 5.41) is 0. The molecule has 0 heterocycles. The summed E-state index contributed by atoms with van der Waals surface area (Å²) in [6, 6.07) is 7.71. The second-order valence-corrected chi connectivity index (χ2v) is 4.95. The molecular weight excluding hydrogens is 247 g/mol. The monoisotopic (exact) mass is 263 g/mol. The van der Waals surface area contributed by atoms with E-state index in [4.69, 9.17) is 5.73 Å². The zero-order valence-corrected chi connectivity index (χ0v) is 10.4. The van der Waals surface area contributed by atoms with E-state index < -0.39 is 12.1 Å². The highest BCUT2D eigenvalue weighted by molar-refractivity contribution is 7.98. The van der Waals surface area contributed by atoms with Gasteiger partial charge in [-0.25, -0.2) is 0 Å². The van der Waals surface area contributed by atoms with Gasteiger partial charge in [0.25, 0.3) is 0 Å². The van der Waals surface area contributed by atoms with E-state index in [1.165, 1.54) is 11.8 Å². The average Bonchev–Trinajstić information content (AvgIpc) is 2.25. The van der Waals surface area contributed by atoms with Crippen LogP contribution in [0.4, 0.5) is 13.2 Å². The highest BCUT2D eigenvalue weighted by Crippen LogP contribution is 2.29. The van der Waals surface area contributed by atoms with E-state index in [2.05, 4.69) is 0 Å². The Morgan fingerprint density at radius 3 is 2.47 bits per heavy atom. The number of rotatable bonds is 5. The van der Waals surface area contributed by atoms with Crippen molar-refractivity contribution in [1.29, 1.82) is 0 Å². The van der Waals surface area contributed by atoms with Gasteiger partial charge in [0, 0.05) is 18.1 Å². The number of nitrogens with two attached hydrogens (primary N) is 1. The van der Waals surface area contributed by atoms with Gasteiger partial charge < -0.3 is 5.73 Å². The minimum atomic E-state index is -4.19. The Kier molecular flexibility index (Phi) is 5.33. The quantitative estimate of drug-likeness (QED) is 0.881. The summed E-state index contributed by atoms with van der Waals surface area (Å²) in [5.74, 6) is -0.787. The minimum Gasteiger partial charge on any atom is -0.330 e. The smallest absolute Gasteiger partial charge is 0.330 e. The molecule has 0 bridgehead atoms. The van der Waals surface area contributed by atoms with E-state index in [0.717, 1.165) is 11.1 Å². The lowest BCUT2D eigenvalue weighted by molar-refractivity contribution is -0.165. The van der Waals surface area contributed by atoms with Crippen molar-refractivity contribution < 1.29 is 13.2 Å². The lowest BCUT2D eigenvalue weighted by atomic mass is 10.1. The highest BCUT2D eigenvalue weighted by Gasteiger charge is 2.38. The van der Waals surface area contributed by atoms with Crippen LogP contribution in [-0.4, -0.2) is 18.5 Å². The summed E-state index contributed by atoms with van der Waals surface area (Å²) in [4.78, 5) is 0. The van der Waals surface area contributed by atoms with Crippen molar-refractivity contribution in [2.45, 2.75) is 18.9 Å². The zero-order valence-electron chi connectivity index (χ0n) is 9.63. The Morgan fingerprint density at radius 1 is 1.29 bits per heavy atom. The second-order valence-electron chi connectivity index (χ2n) is 3.92. The van der Waals surface area contributed by atoms with Crippen molar-refractivity contribution in [3.05, 3.63) is 35.4 Å². The minimum absolute atomic E-state index is 0.0222. The fourth-order valence-corrected chi connectivity index (χ4v) is 2.65. The van der Waals surface area contributed by atoms with Gasteiger partial charge in [0.1, 0.15) is 0 Å². The maximum Gasteiger partial charge on any atom is 0.393 e. The van der Waals surface area contributed by atoms with Crippen molar-refractivity contribution in [2.24, 2.45) is 11.7 Å². The predicted octanol–water partition coefficient (Wildman–Crippen LogP) is 3.37. The largest absolute Gasteiger partial charge is 0.393 e. The van der Waals surface area contributed by atoms with E-state index in [1.54, 1.807) is 0 Å². The Hall–Kier alpha value is -0.680. The third-order valence-corrected chi connectivity index (χ3v) is 3.74. The molecule has 1 aromatic carbocycles. The molecule has 1 unspecified atom stereocenters. The maximum atomic E-state index is 12.4. The standard InChI is InChI=1S/C12H16F3NS/c1-9-4-2-3-5-10(9)7-17-8-11(6-16)12(13,14)15/h2-5,11H,6-8,16H2,1H3. The summed E-state index contributed by atoms with van der Waals surface area (Å²) >= 11 is 1.28. The van der Waals surface area contributed by atoms with Gasteiger partial charge in [-0.2, -0.15) is 24.9 Å². The topological polar surface area (TPSA) is 26.0 Å². The molecule has 17 heavy (non-hydrogen) atoms. The second kappa shape index (κ2) is 6.31. The van der Waals surface area contributed by atoms with Crippen LogP contribution in [-0.2, 0) is 5.75 Å². The van der Waals surface area contributed by atoms with E-state index in [-0.39, 0.29) is 12.3 Å². The Labute approximate surface area is 104 Å². The Bertz CT molecular complexity index is 352. The Morgan fingerprint density at radius 2 is 1.94 bits per heavy atom. The van der Waals surface area contributed by atoms with Crippen molar-refractivity contribution >= 4 is 11.8 Å². The van der Waals surface area contributed by atoms with Gasteiger partial charge in [0.2, 0.25) is 0 Å². The van der Waals surface area contributed by atoms with Crippen LogP contribution in [0.1, 0.15) is 11.1 Å². The van der Waals surface area contributed by atoms with E-state index >= 15 is 0 Å². The SMILES string of the molecule is Cc1ccccc1CSCC(CN)C(F)(F)F.